The summed E-state index contributed by atoms with van der Waals surface area (Å²) in [5, 5.41) is 6.30. The van der Waals surface area contributed by atoms with Gasteiger partial charge >= 0.3 is 6.18 Å². The number of benzene rings is 1. The Kier molecular flexibility index (Phi) is 4.82. The van der Waals surface area contributed by atoms with Gasteiger partial charge in [0.05, 0.1) is 12.8 Å². The molecule has 1 aromatic carbocycles. The molecule has 0 saturated carbocycles. The quantitative estimate of drug-likeness (QED) is 0.546. The molecule has 152 valence electrons. The smallest absolute Gasteiger partial charge is 0.433 e. The first kappa shape index (κ1) is 19.4. The standard InChI is InChI=1S/C20H14F3N5O2/c1-30-13-7-5-12(6-8-13)14-10-16(20(21,22)23)28-18(25-14)11-15(27-28)19(29)26-17-4-2-3-9-24-17/h2-11H,1H3,(H,24,26,29). The molecule has 3 heterocycles. The van der Waals surface area contributed by atoms with Gasteiger partial charge < -0.3 is 10.1 Å². The second-order valence-electron chi connectivity index (χ2n) is 6.22. The molecular formula is C20H14F3N5O2. The van der Waals surface area contributed by atoms with E-state index in [9.17, 15) is 18.0 Å². The fourth-order valence-electron chi connectivity index (χ4n) is 2.81. The average molecular weight is 413 g/mol. The highest BCUT2D eigenvalue weighted by Gasteiger charge is 2.35. The average Bonchev–Trinajstić information content (AvgIpc) is 3.17. The zero-order chi connectivity index (χ0) is 21.3. The van der Waals surface area contributed by atoms with Gasteiger partial charge in [-0.05, 0) is 42.5 Å². The molecule has 0 aliphatic heterocycles. The molecule has 4 rings (SSSR count). The van der Waals surface area contributed by atoms with Crippen LogP contribution in [0.5, 0.6) is 5.75 Å². The first-order valence-corrected chi connectivity index (χ1v) is 8.70. The minimum Gasteiger partial charge on any atom is -0.497 e. The zero-order valence-electron chi connectivity index (χ0n) is 15.5. The van der Waals surface area contributed by atoms with E-state index in [4.69, 9.17) is 4.74 Å². The normalized spacial score (nSPS) is 11.5. The Balaban J connectivity index is 1.78. The van der Waals surface area contributed by atoms with Gasteiger partial charge in [0.25, 0.3) is 5.91 Å². The van der Waals surface area contributed by atoms with E-state index in [0.29, 0.717) is 15.8 Å². The van der Waals surface area contributed by atoms with E-state index in [2.05, 4.69) is 20.4 Å². The van der Waals surface area contributed by atoms with Crippen molar-refractivity contribution >= 4 is 17.4 Å². The van der Waals surface area contributed by atoms with Gasteiger partial charge in [-0.2, -0.15) is 18.3 Å². The van der Waals surface area contributed by atoms with Crippen LogP contribution < -0.4 is 10.1 Å². The van der Waals surface area contributed by atoms with Gasteiger partial charge in [0.1, 0.15) is 11.6 Å². The number of nitrogens with one attached hydrogen (secondary N) is 1. The number of halogens is 3. The van der Waals surface area contributed by atoms with Crippen molar-refractivity contribution in [2.45, 2.75) is 6.18 Å². The molecule has 0 bridgehead atoms. The van der Waals surface area contributed by atoms with Gasteiger partial charge in [0, 0.05) is 17.8 Å². The van der Waals surface area contributed by atoms with Crippen molar-refractivity contribution in [3.63, 3.8) is 0 Å². The van der Waals surface area contributed by atoms with Gasteiger partial charge in [-0.1, -0.05) is 6.07 Å². The largest absolute Gasteiger partial charge is 0.497 e. The number of alkyl halides is 3. The van der Waals surface area contributed by atoms with Crippen LogP contribution in [0, 0.1) is 0 Å². The molecule has 4 aromatic rings. The molecule has 1 N–H and O–H groups in total. The zero-order valence-corrected chi connectivity index (χ0v) is 15.5. The fourth-order valence-corrected chi connectivity index (χ4v) is 2.81. The maximum Gasteiger partial charge on any atom is 0.433 e. The third-order valence-corrected chi connectivity index (χ3v) is 4.24. The Labute approximate surface area is 168 Å². The number of nitrogens with zero attached hydrogens (tertiary/aromatic N) is 4. The number of carbonyl (C=O) groups is 1. The molecule has 7 nitrogen and oxygen atoms in total. The number of carbonyl (C=O) groups excluding carboxylic acids is 1. The van der Waals surface area contributed by atoms with Crippen LogP contribution in [0.2, 0.25) is 0 Å². The van der Waals surface area contributed by atoms with Crippen LogP contribution in [0.3, 0.4) is 0 Å². The molecule has 1 amide bonds. The van der Waals surface area contributed by atoms with Crippen LogP contribution in [0.15, 0.2) is 60.8 Å². The monoisotopic (exact) mass is 413 g/mol. The summed E-state index contributed by atoms with van der Waals surface area (Å²) in [4.78, 5) is 20.6. The second-order valence-corrected chi connectivity index (χ2v) is 6.22. The molecule has 0 spiro atoms. The highest BCUT2D eigenvalue weighted by molar-refractivity contribution is 6.03. The molecule has 10 heteroatoms. The highest BCUT2D eigenvalue weighted by atomic mass is 19.4. The van der Waals surface area contributed by atoms with Crippen molar-refractivity contribution in [3.05, 3.63) is 72.2 Å². The van der Waals surface area contributed by atoms with E-state index in [0.717, 1.165) is 6.07 Å². The lowest BCUT2D eigenvalue weighted by Gasteiger charge is -2.11. The Bertz CT molecular complexity index is 1210. The minimum atomic E-state index is -4.71. The van der Waals surface area contributed by atoms with Crippen molar-refractivity contribution < 1.29 is 22.7 Å². The van der Waals surface area contributed by atoms with E-state index in [-0.39, 0.29) is 22.9 Å². The maximum atomic E-state index is 13.7. The molecule has 3 aromatic heterocycles. The van der Waals surface area contributed by atoms with E-state index >= 15 is 0 Å². The third kappa shape index (κ3) is 3.79. The number of ether oxygens (including phenoxy) is 1. The van der Waals surface area contributed by atoms with Crippen LogP contribution >= 0.6 is 0 Å². The topological polar surface area (TPSA) is 81.4 Å². The summed E-state index contributed by atoms with van der Waals surface area (Å²) >= 11 is 0. The Morgan fingerprint density at radius 3 is 2.50 bits per heavy atom. The molecule has 0 saturated heterocycles. The summed E-state index contributed by atoms with van der Waals surface area (Å²) in [7, 11) is 1.49. The van der Waals surface area contributed by atoms with Crippen molar-refractivity contribution in [1.82, 2.24) is 19.6 Å². The van der Waals surface area contributed by atoms with E-state index in [1.165, 1.54) is 19.4 Å². The number of rotatable bonds is 4. The molecule has 0 atom stereocenters. The summed E-state index contributed by atoms with van der Waals surface area (Å²) in [5.74, 6) is 0.120. The van der Waals surface area contributed by atoms with Gasteiger partial charge in [0.2, 0.25) is 0 Å². The van der Waals surface area contributed by atoms with Crippen LogP contribution in [-0.2, 0) is 6.18 Å². The number of fused-ring (bicyclic) bond motifs is 1. The summed E-state index contributed by atoms with van der Waals surface area (Å²) < 4.78 is 46.7. The van der Waals surface area contributed by atoms with Crippen LogP contribution in [0.25, 0.3) is 16.9 Å². The molecule has 0 unspecified atom stereocenters. The van der Waals surface area contributed by atoms with E-state index in [1.54, 1.807) is 42.5 Å². The Morgan fingerprint density at radius 1 is 1.10 bits per heavy atom. The van der Waals surface area contributed by atoms with Crippen LogP contribution in [0.1, 0.15) is 16.2 Å². The van der Waals surface area contributed by atoms with E-state index in [1.807, 2.05) is 0 Å². The highest BCUT2D eigenvalue weighted by Crippen LogP contribution is 2.32. The SMILES string of the molecule is COc1ccc(-c2cc(C(F)(F)F)n3nc(C(=O)Nc4ccccn4)cc3n2)cc1. The fraction of sp³-hybridized carbons (Fsp3) is 0.100. The second kappa shape index (κ2) is 7.47. The molecule has 0 radical (unpaired) electrons. The summed E-state index contributed by atoms with van der Waals surface area (Å²) in [5.41, 5.74) is -0.818. The van der Waals surface area contributed by atoms with Gasteiger partial charge in [0.15, 0.2) is 17.0 Å². The molecule has 30 heavy (non-hydrogen) atoms. The third-order valence-electron chi connectivity index (χ3n) is 4.24. The number of aromatic nitrogens is 4. The van der Waals surface area contributed by atoms with Gasteiger partial charge in [-0.3, -0.25) is 4.79 Å². The molecular weight excluding hydrogens is 399 g/mol. The number of anilines is 1. The van der Waals surface area contributed by atoms with Crippen molar-refractivity contribution in [3.8, 4) is 17.0 Å². The first-order valence-electron chi connectivity index (χ1n) is 8.70. The van der Waals surface area contributed by atoms with Crippen molar-refractivity contribution in [2.24, 2.45) is 0 Å². The van der Waals surface area contributed by atoms with Crippen molar-refractivity contribution in [1.29, 1.82) is 0 Å². The predicted octanol–water partition coefficient (Wildman–Crippen LogP) is 4.07. The van der Waals surface area contributed by atoms with Crippen molar-refractivity contribution in [2.75, 3.05) is 12.4 Å². The van der Waals surface area contributed by atoms with E-state index < -0.39 is 17.8 Å². The number of hydrogen-bond donors (Lipinski definition) is 1. The van der Waals surface area contributed by atoms with Crippen LogP contribution in [-0.4, -0.2) is 32.6 Å². The summed E-state index contributed by atoms with van der Waals surface area (Å²) in [6.45, 7) is 0. The maximum absolute atomic E-state index is 13.7. The van der Waals surface area contributed by atoms with Gasteiger partial charge in [-0.15, -0.1) is 0 Å². The van der Waals surface area contributed by atoms with Crippen LogP contribution in [0.4, 0.5) is 19.0 Å². The van der Waals surface area contributed by atoms with Gasteiger partial charge in [-0.25, -0.2) is 14.5 Å². The molecule has 0 aliphatic rings. The number of methoxy groups -OCH3 is 1. The lowest BCUT2D eigenvalue weighted by Crippen LogP contribution is -2.16. The lowest BCUT2D eigenvalue weighted by atomic mass is 10.1. The molecule has 0 fully saturated rings. The predicted molar refractivity (Wildman–Crippen MR) is 102 cm³/mol. The number of hydrogen-bond acceptors (Lipinski definition) is 5. The first-order chi connectivity index (χ1) is 14.3. The molecule has 0 aliphatic carbocycles. The number of pyridine rings is 1. The number of amides is 1. The lowest BCUT2D eigenvalue weighted by molar-refractivity contribution is -0.142. The Morgan fingerprint density at radius 2 is 1.87 bits per heavy atom. The minimum absolute atomic E-state index is 0.0917. The summed E-state index contributed by atoms with van der Waals surface area (Å²) in [6, 6.07) is 13.4. The Hall–Kier alpha value is -3.95. The summed E-state index contributed by atoms with van der Waals surface area (Å²) in [6.07, 6.45) is -3.23.